The quantitative estimate of drug-likeness (QED) is 0.250. The third-order valence-electron chi connectivity index (χ3n) is 4.70. The Morgan fingerprint density at radius 2 is 1.76 bits per heavy atom. The van der Waals surface area contributed by atoms with E-state index in [1.54, 1.807) is 54.6 Å². The molecule has 0 fully saturated rings. The zero-order chi connectivity index (χ0) is 23.9. The number of carbonyl (C=O) groups excluding carboxylic acids is 2. The summed E-state index contributed by atoms with van der Waals surface area (Å²) in [4.78, 5) is 28.9. The molecule has 3 aromatic rings. The van der Waals surface area contributed by atoms with Gasteiger partial charge in [-0.1, -0.05) is 48.0 Å². The van der Waals surface area contributed by atoms with Crippen molar-refractivity contribution in [2.75, 3.05) is 6.61 Å². The zero-order valence-corrected chi connectivity index (χ0v) is 19.0. The predicted molar refractivity (Wildman–Crippen MR) is 131 cm³/mol. The lowest BCUT2D eigenvalue weighted by atomic mass is 10.1. The molecule has 1 aliphatic heterocycles. The van der Waals surface area contributed by atoms with Crippen molar-refractivity contribution >= 4 is 41.6 Å². The van der Waals surface area contributed by atoms with Crippen molar-refractivity contribution in [3.8, 4) is 11.5 Å². The molecule has 0 bridgehead atoms. The van der Waals surface area contributed by atoms with Crippen molar-refractivity contribution in [1.82, 2.24) is 0 Å². The average molecular weight is 474 g/mol. The smallest absolute Gasteiger partial charge is 0.363 e. The van der Waals surface area contributed by atoms with Crippen LogP contribution in [0.1, 0.15) is 23.6 Å². The van der Waals surface area contributed by atoms with E-state index in [-0.39, 0.29) is 17.3 Å². The maximum atomic E-state index is 12.3. The highest BCUT2D eigenvalue weighted by atomic mass is 35.5. The van der Waals surface area contributed by atoms with Crippen molar-refractivity contribution in [3.63, 3.8) is 0 Å². The van der Waals surface area contributed by atoms with Crippen LogP contribution in [0.5, 0.6) is 11.5 Å². The first kappa shape index (κ1) is 23.0. The Labute approximate surface area is 201 Å². The summed E-state index contributed by atoms with van der Waals surface area (Å²) >= 11 is 5.91. The third kappa shape index (κ3) is 5.79. The lowest BCUT2D eigenvalue weighted by Crippen LogP contribution is -2.06. The van der Waals surface area contributed by atoms with Gasteiger partial charge in [-0.15, -0.1) is 0 Å². The predicted octanol–water partition coefficient (Wildman–Crippen LogP) is 5.70. The molecule has 170 valence electrons. The molecule has 0 unspecified atom stereocenters. The fraction of sp³-hybridized carbons (Fsp3) is 0.0741. The summed E-state index contributed by atoms with van der Waals surface area (Å²) in [6, 6.07) is 21.2. The number of nitrogens with zero attached hydrogens (tertiary/aromatic N) is 1. The van der Waals surface area contributed by atoms with E-state index < -0.39 is 11.9 Å². The molecule has 0 saturated heterocycles. The molecule has 0 aromatic heterocycles. The van der Waals surface area contributed by atoms with Gasteiger partial charge in [-0.25, -0.2) is 14.6 Å². The summed E-state index contributed by atoms with van der Waals surface area (Å²) in [6.07, 6.45) is 4.60. The van der Waals surface area contributed by atoms with E-state index in [2.05, 4.69) is 4.99 Å². The second kappa shape index (κ2) is 10.6. The van der Waals surface area contributed by atoms with Gasteiger partial charge in [0.2, 0.25) is 5.90 Å². The van der Waals surface area contributed by atoms with Crippen LogP contribution in [-0.4, -0.2) is 24.4 Å². The van der Waals surface area contributed by atoms with E-state index in [1.165, 1.54) is 6.08 Å². The van der Waals surface area contributed by atoms with E-state index in [1.807, 2.05) is 37.3 Å². The largest absolute Gasteiger partial charge is 0.490 e. The van der Waals surface area contributed by atoms with Gasteiger partial charge >= 0.3 is 11.9 Å². The number of halogens is 1. The number of rotatable bonds is 7. The average Bonchev–Trinajstić information content (AvgIpc) is 3.20. The van der Waals surface area contributed by atoms with Crippen LogP contribution in [0, 0.1) is 0 Å². The van der Waals surface area contributed by atoms with E-state index >= 15 is 0 Å². The molecular weight excluding hydrogens is 454 g/mol. The van der Waals surface area contributed by atoms with Gasteiger partial charge in [-0.3, -0.25) is 0 Å². The molecule has 0 spiro atoms. The van der Waals surface area contributed by atoms with Gasteiger partial charge in [0.25, 0.3) is 0 Å². The Morgan fingerprint density at radius 1 is 1.00 bits per heavy atom. The normalized spacial score (nSPS) is 14.2. The SMILES string of the molecule is CCOc1cc(/C=C2/N=C(c3ccc(Cl)cc3)OC2=O)ccc1OC(=O)/C=C/c1ccccc1. The minimum Gasteiger partial charge on any atom is -0.490 e. The number of ether oxygens (including phenoxy) is 3. The number of hydrogen-bond acceptors (Lipinski definition) is 6. The summed E-state index contributed by atoms with van der Waals surface area (Å²) in [5.41, 5.74) is 2.30. The first-order valence-corrected chi connectivity index (χ1v) is 10.9. The number of aliphatic imine (C=N–C) groups is 1. The summed E-state index contributed by atoms with van der Waals surface area (Å²) < 4.78 is 16.4. The van der Waals surface area contributed by atoms with Gasteiger partial charge in [0, 0.05) is 16.7 Å². The Kier molecular flexibility index (Phi) is 7.20. The van der Waals surface area contributed by atoms with Crippen LogP contribution in [0.4, 0.5) is 0 Å². The molecule has 3 aromatic carbocycles. The molecule has 1 aliphatic rings. The van der Waals surface area contributed by atoms with Gasteiger partial charge in [0.15, 0.2) is 17.2 Å². The molecular formula is C27H20ClNO5. The Morgan fingerprint density at radius 3 is 2.50 bits per heavy atom. The maximum Gasteiger partial charge on any atom is 0.363 e. The molecule has 0 amide bonds. The molecule has 4 rings (SSSR count). The lowest BCUT2D eigenvalue weighted by molar-refractivity contribution is -0.130. The number of esters is 2. The van der Waals surface area contributed by atoms with Gasteiger partial charge < -0.3 is 14.2 Å². The molecule has 0 saturated carbocycles. The Bertz CT molecular complexity index is 1290. The molecule has 0 radical (unpaired) electrons. The molecule has 34 heavy (non-hydrogen) atoms. The van der Waals surface area contributed by atoms with Crippen LogP contribution in [0.15, 0.2) is 89.6 Å². The van der Waals surface area contributed by atoms with Crippen molar-refractivity contribution in [2.24, 2.45) is 4.99 Å². The van der Waals surface area contributed by atoms with Crippen LogP contribution in [0.3, 0.4) is 0 Å². The highest BCUT2D eigenvalue weighted by molar-refractivity contribution is 6.30. The zero-order valence-electron chi connectivity index (χ0n) is 18.2. The number of hydrogen-bond donors (Lipinski definition) is 0. The van der Waals surface area contributed by atoms with Gasteiger partial charge in [-0.05, 0) is 66.6 Å². The second-order valence-electron chi connectivity index (χ2n) is 7.15. The van der Waals surface area contributed by atoms with Crippen molar-refractivity contribution in [3.05, 3.63) is 106 Å². The first-order valence-electron chi connectivity index (χ1n) is 10.5. The Balaban J connectivity index is 1.53. The highest BCUT2D eigenvalue weighted by Crippen LogP contribution is 2.30. The van der Waals surface area contributed by atoms with E-state index in [9.17, 15) is 9.59 Å². The van der Waals surface area contributed by atoms with Crippen molar-refractivity contribution in [1.29, 1.82) is 0 Å². The minimum absolute atomic E-state index is 0.142. The van der Waals surface area contributed by atoms with Gasteiger partial charge in [0.1, 0.15) is 0 Å². The van der Waals surface area contributed by atoms with Gasteiger partial charge in [-0.2, -0.15) is 0 Å². The monoisotopic (exact) mass is 473 g/mol. The lowest BCUT2D eigenvalue weighted by Gasteiger charge is -2.10. The Hall–Kier alpha value is -4.16. The number of carbonyl (C=O) groups is 2. The molecule has 6 nitrogen and oxygen atoms in total. The van der Waals surface area contributed by atoms with Crippen molar-refractivity contribution < 1.29 is 23.8 Å². The summed E-state index contributed by atoms with van der Waals surface area (Å²) in [5.74, 6) is -0.261. The molecule has 1 heterocycles. The fourth-order valence-electron chi connectivity index (χ4n) is 3.12. The maximum absolute atomic E-state index is 12.3. The highest BCUT2D eigenvalue weighted by Gasteiger charge is 2.24. The van der Waals surface area contributed by atoms with E-state index in [4.69, 9.17) is 25.8 Å². The second-order valence-corrected chi connectivity index (χ2v) is 7.58. The number of benzene rings is 3. The van der Waals surface area contributed by atoms with Crippen LogP contribution in [0.25, 0.3) is 12.2 Å². The molecule has 0 atom stereocenters. The summed E-state index contributed by atoms with van der Waals surface area (Å²) in [7, 11) is 0. The summed E-state index contributed by atoms with van der Waals surface area (Å²) in [5, 5.41) is 0.573. The molecule has 0 aliphatic carbocycles. The van der Waals surface area contributed by atoms with Crippen LogP contribution in [-0.2, 0) is 14.3 Å². The van der Waals surface area contributed by atoms with Crippen LogP contribution >= 0.6 is 11.6 Å². The molecule has 0 N–H and O–H groups in total. The minimum atomic E-state index is -0.565. The van der Waals surface area contributed by atoms with Crippen LogP contribution < -0.4 is 9.47 Å². The summed E-state index contributed by atoms with van der Waals surface area (Å²) in [6.45, 7) is 2.19. The van der Waals surface area contributed by atoms with E-state index in [0.29, 0.717) is 28.5 Å². The number of cyclic esters (lactones) is 1. The third-order valence-corrected chi connectivity index (χ3v) is 4.96. The van der Waals surface area contributed by atoms with Crippen LogP contribution in [0.2, 0.25) is 5.02 Å². The van der Waals surface area contributed by atoms with E-state index in [0.717, 1.165) is 5.56 Å². The first-order chi connectivity index (χ1) is 16.5. The standard InChI is InChI=1S/C27H20ClNO5/c1-2-32-24-17-19(8-14-23(24)33-25(30)15-9-18-6-4-3-5-7-18)16-22-27(31)34-26(29-22)20-10-12-21(28)13-11-20/h3-17H,2H2,1H3/b15-9+,22-16+. The van der Waals surface area contributed by atoms with Crippen molar-refractivity contribution in [2.45, 2.75) is 6.92 Å². The molecule has 7 heteroatoms. The van der Waals surface area contributed by atoms with Gasteiger partial charge in [0.05, 0.1) is 6.61 Å². The topological polar surface area (TPSA) is 74.2 Å². The fourth-order valence-corrected chi connectivity index (χ4v) is 3.25.